The predicted molar refractivity (Wildman–Crippen MR) is 82.0 cm³/mol. The second-order valence-electron chi connectivity index (χ2n) is 5.98. The fraction of sp³-hybridized carbons (Fsp3) is 0.312. The number of nitro groups is 1. The first-order chi connectivity index (χ1) is 9.85. The van der Waals surface area contributed by atoms with Crippen molar-refractivity contribution in [2.45, 2.75) is 26.7 Å². The Labute approximate surface area is 123 Å². The van der Waals surface area contributed by atoms with Crippen molar-refractivity contribution in [3.8, 4) is 0 Å². The number of carbonyl (C=O) groups excluding carboxylic acids is 1. The molecule has 1 aromatic carbocycles. The molecule has 1 aliphatic rings. The van der Waals surface area contributed by atoms with Crippen molar-refractivity contribution in [1.29, 1.82) is 0 Å². The summed E-state index contributed by atoms with van der Waals surface area (Å²) in [5.41, 5.74) is 1.81. The van der Waals surface area contributed by atoms with Gasteiger partial charge in [0.05, 0.1) is 4.92 Å². The standard InChI is InChI=1S/C16H18N2O3/c1-16(2)10-12(9-15(19)11-16)7-8-17-13-3-5-14(6-4-13)18(20)21/h3-9,17H,10-11H2,1-2H3/b8-7+. The second-order valence-corrected chi connectivity index (χ2v) is 5.98. The molecule has 2 rings (SSSR count). The molecule has 5 nitrogen and oxygen atoms in total. The first kappa shape index (κ1) is 15.0. The molecule has 1 aliphatic carbocycles. The van der Waals surface area contributed by atoms with E-state index in [4.69, 9.17) is 0 Å². The Morgan fingerprint density at radius 1 is 1.24 bits per heavy atom. The van der Waals surface area contributed by atoms with Crippen LogP contribution in [0.3, 0.4) is 0 Å². The van der Waals surface area contributed by atoms with E-state index in [1.807, 2.05) is 6.08 Å². The van der Waals surface area contributed by atoms with Crippen molar-refractivity contribution >= 4 is 17.2 Å². The van der Waals surface area contributed by atoms with Crippen LogP contribution in [0.2, 0.25) is 0 Å². The van der Waals surface area contributed by atoms with Gasteiger partial charge in [0.2, 0.25) is 0 Å². The minimum Gasteiger partial charge on any atom is -0.362 e. The number of allylic oxidation sites excluding steroid dienone is 3. The number of hydrogen-bond acceptors (Lipinski definition) is 4. The lowest BCUT2D eigenvalue weighted by Gasteiger charge is -2.27. The molecular weight excluding hydrogens is 268 g/mol. The van der Waals surface area contributed by atoms with Gasteiger partial charge in [-0.15, -0.1) is 0 Å². The molecule has 0 spiro atoms. The van der Waals surface area contributed by atoms with Gasteiger partial charge in [-0.25, -0.2) is 0 Å². The summed E-state index contributed by atoms with van der Waals surface area (Å²) in [5, 5.41) is 13.6. The SMILES string of the molecule is CC1(C)CC(=O)C=C(/C=C/Nc2ccc([N+](=O)[O-])cc2)C1. The highest BCUT2D eigenvalue weighted by Crippen LogP contribution is 2.33. The number of hydrogen-bond donors (Lipinski definition) is 1. The number of nitrogens with zero attached hydrogens (tertiary/aromatic N) is 1. The fourth-order valence-electron chi connectivity index (χ4n) is 2.43. The minimum atomic E-state index is -0.430. The lowest BCUT2D eigenvalue weighted by atomic mass is 9.77. The average molecular weight is 286 g/mol. The number of rotatable bonds is 4. The number of nitro benzene ring substituents is 1. The van der Waals surface area contributed by atoms with Crippen LogP contribution in [-0.4, -0.2) is 10.7 Å². The molecule has 110 valence electrons. The molecule has 0 saturated heterocycles. The van der Waals surface area contributed by atoms with Crippen molar-refractivity contribution in [3.05, 3.63) is 58.3 Å². The van der Waals surface area contributed by atoms with Crippen LogP contribution in [0, 0.1) is 15.5 Å². The third-order valence-corrected chi connectivity index (χ3v) is 3.31. The number of nitrogens with one attached hydrogen (secondary N) is 1. The van der Waals surface area contributed by atoms with Crippen LogP contribution in [0.5, 0.6) is 0 Å². The number of benzene rings is 1. The van der Waals surface area contributed by atoms with E-state index in [9.17, 15) is 14.9 Å². The predicted octanol–water partition coefficient (Wildman–Crippen LogP) is 3.84. The van der Waals surface area contributed by atoms with Gasteiger partial charge in [-0.1, -0.05) is 13.8 Å². The summed E-state index contributed by atoms with van der Waals surface area (Å²) < 4.78 is 0. The van der Waals surface area contributed by atoms with E-state index in [2.05, 4.69) is 19.2 Å². The summed E-state index contributed by atoms with van der Waals surface area (Å²) in [7, 11) is 0. The zero-order valence-electron chi connectivity index (χ0n) is 12.1. The highest BCUT2D eigenvalue weighted by molar-refractivity contribution is 5.92. The number of anilines is 1. The van der Waals surface area contributed by atoms with Crippen LogP contribution in [0.1, 0.15) is 26.7 Å². The fourth-order valence-corrected chi connectivity index (χ4v) is 2.43. The minimum absolute atomic E-state index is 0.00113. The molecule has 0 aromatic heterocycles. The molecule has 0 saturated carbocycles. The molecule has 0 unspecified atom stereocenters. The molecule has 0 heterocycles. The van der Waals surface area contributed by atoms with Crippen LogP contribution in [-0.2, 0) is 4.79 Å². The molecule has 5 heteroatoms. The maximum Gasteiger partial charge on any atom is 0.269 e. The number of ketones is 1. The first-order valence-corrected chi connectivity index (χ1v) is 6.77. The molecular formula is C16H18N2O3. The second kappa shape index (κ2) is 5.91. The molecule has 21 heavy (non-hydrogen) atoms. The van der Waals surface area contributed by atoms with E-state index in [-0.39, 0.29) is 16.9 Å². The number of carbonyl (C=O) groups is 1. The van der Waals surface area contributed by atoms with Gasteiger partial charge < -0.3 is 5.32 Å². The normalized spacial score (nSPS) is 17.6. The van der Waals surface area contributed by atoms with Crippen molar-refractivity contribution in [3.63, 3.8) is 0 Å². The van der Waals surface area contributed by atoms with Crippen molar-refractivity contribution < 1.29 is 9.72 Å². The van der Waals surface area contributed by atoms with E-state index in [1.165, 1.54) is 12.1 Å². The lowest BCUT2D eigenvalue weighted by Crippen LogP contribution is -2.21. The summed E-state index contributed by atoms with van der Waals surface area (Å²) >= 11 is 0. The van der Waals surface area contributed by atoms with Gasteiger partial charge in [0.15, 0.2) is 5.78 Å². The van der Waals surface area contributed by atoms with Crippen LogP contribution >= 0.6 is 0 Å². The molecule has 1 N–H and O–H groups in total. The maximum absolute atomic E-state index is 11.6. The highest BCUT2D eigenvalue weighted by atomic mass is 16.6. The molecule has 0 radical (unpaired) electrons. The van der Waals surface area contributed by atoms with Crippen molar-refractivity contribution in [1.82, 2.24) is 0 Å². The molecule has 0 bridgehead atoms. The van der Waals surface area contributed by atoms with Crippen LogP contribution in [0.25, 0.3) is 0 Å². The van der Waals surface area contributed by atoms with Crippen LogP contribution in [0.4, 0.5) is 11.4 Å². The molecule has 0 aliphatic heterocycles. The summed E-state index contributed by atoms with van der Waals surface area (Å²) in [6.07, 6.45) is 6.75. The van der Waals surface area contributed by atoms with Gasteiger partial charge in [-0.2, -0.15) is 0 Å². The zero-order chi connectivity index (χ0) is 15.5. The third kappa shape index (κ3) is 4.27. The maximum atomic E-state index is 11.6. The quantitative estimate of drug-likeness (QED) is 0.674. The Kier molecular flexibility index (Phi) is 4.21. The average Bonchev–Trinajstić information content (AvgIpc) is 2.37. The lowest BCUT2D eigenvalue weighted by molar-refractivity contribution is -0.384. The summed E-state index contributed by atoms with van der Waals surface area (Å²) in [4.78, 5) is 21.8. The molecule has 0 amide bonds. The van der Waals surface area contributed by atoms with Crippen LogP contribution < -0.4 is 5.32 Å². The van der Waals surface area contributed by atoms with E-state index >= 15 is 0 Å². The van der Waals surface area contributed by atoms with Gasteiger partial charge in [-0.05, 0) is 41.7 Å². The summed E-state index contributed by atoms with van der Waals surface area (Å²) in [5.74, 6) is 0.154. The molecule has 0 fully saturated rings. The van der Waals surface area contributed by atoms with Crippen molar-refractivity contribution in [2.24, 2.45) is 5.41 Å². The highest BCUT2D eigenvalue weighted by Gasteiger charge is 2.26. The third-order valence-electron chi connectivity index (χ3n) is 3.31. The number of non-ortho nitro benzene ring substituents is 1. The van der Waals surface area contributed by atoms with Crippen LogP contribution in [0.15, 0.2) is 48.2 Å². The van der Waals surface area contributed by atoms with E-state index in [0.29, 0.717) is 6.42 Å². The zero-order valence-corrected chi connectivity index (χ0v) is 12.1. The molecule has 1 aromatic rings. The Morgan fingerprint density at radius 3 is 2.48 bits per heavy atom. The van der Waals surface area contributed by atoms with E-state index in [1.54, 1.807) is 24.4 Å². The van der Waals surface area contributed by atoms with Gasteiger partial charge >= 0.3 is 0 Å². The smallest absolute Gasteiger partial charge is 0.269 e. The van der Waals surface area contributed by atoms with Gasteiger partial charge in [0.1, 0.15) is 0 Å². The molecule has 0 atom stereocenters. The summed E-state index contributed by atoms with van der Waals surface area (Å²) in [6.45, 7) is 4.16. The summed E-state index contributed by atoms with van der Waals surface area (Å²) in [6, 6.07) is 6.19. The first-order valence-electron chi connectivity index (χ1n) is 6.77. The van der Waals surface area contributed by atoms with Crippen molar-refractivity contribution in [2.75, 3.05) is 5.32 Å². The topological polar surface area (TPSA) is 72.2 Å². The van der Waals surface area contributed by atoms with Gasteiger partial charge in [0, 0.05) is 30.4 Å². The van der Waals surface area contributed by atoms with Gasteiger partial charge in [-0.3, -0.25) is 14.9 Å². The monoisotopic (exact) mass is 286 g/mol. The Hall–Kier alpha value is -2.43. The Balaban J connectivity index is 1.99. The van der Waals surface area contributed by atoms with E-state index in [0.717, 1.165) is 17.7 Å². The van der Waals surface area contributed by atoms with Gasteiger partial charge in [0.25, 0.3) is 5.69 Å². The largest absolute Gasteiger partial charge is 0.362 e. The Bertz CT molecular complexity index is 613. The Morgan fingerprint density at radius 2 is 1.90 bits per heavy atom. The van der Waals surface area contributed by atoms with E-state index < -0.39 is 4.92 Å².